The van der Waals surface area contributed by atoms with Crippen molar-refractivity contribution in [3.8, 4) is 0 Å². The summed E-state index contributed by atoms with van der Waals surface area (Å²) in [4.78, 5) is 17.7. The van der Waals surface area contributed by atoms with Gasteiger partial charge in [0.15, 0.2) is 5.69 Å². The van der Waals surface area contributed by atoms with Gasteiger partial charge in [0, 0.05) is 36.9 Å². The maximum Gasteiger partial charge on any atom is 0.274 e. The molecule has 2 heterocycles. The van der Waals surface area contributed by atoms with Gasteiger partial charge in [-0.1, -0.05) is 36.4 Å². The van der Waals surface area contributed by atoms with Gasteiger partial charge in [-0.05, 0) is 51.1 Å². The fourth-order valence-electron chi connectivity index (χ4n) is 4.74. The Balaban J connectivity index is 1.56. The lowest BCUT2D eigenvalue weighted by Gasteiger charge is -2.32. The average molecular weight is 393 g/mol. The van der Waals surface area contributed by atoms with Crippen molar-refractivity contribution in [2.45, 2.75) is 57.7 Å². The van der Waals surface area contributed by atoms with Crippen molar-refractivity contribution >= 4 is 5.91 Å². The third-order valence-corrected chi connectivity index (χ3v) is 6.37. The lowest BCUT2D eigenvalue weighted by Crippen LogP contribution is -2.38. The molecule has 1 unspecified atom stereocenters. The summed E-state index contributed by atoms with van der Waals surface area (Å²) in [5.74, 6) is 0.120. The van der Waals surface area contributed by atoms with Crippen molar-refractivity contribution < 1.29 is 4.79 Å². The smallest absolute Gasteiger partial charge is 0.274 e. The van der Waals surface area contributed by atoms with E-state index in [1.165, 1.54) is 23.2 Å². The first-order valence-corrected chi connectivity index (χ1v) is 10.9. The highest BCUT2D eigenvalue weighted by Gasteiger charge is 2.32. The van der Waals surface area contributed by atoms with Crippen LogP contribution in [-0.2, 0) is 25.9 Å². The number of aromatic nitrogens is 2. The Morgan fingerprint density at radius 3 is 2.72 bits per heavy atom. The number of amides is 1. The van der Waals surface area contributed by atoms with E-state index >= 15 is 0 Å². The predicted molar refractivity (Wildman–Crippen MR) is 116 cm³/mol. The normalized spacial score (nSPS) is 19.2. The molecule has 0 radical (unpaired) electrons. The lowest BCUT2D eigenvalue weighted by atomic mass is 9.90. The van der Waals surface area contributed by atoms with Gasteiger partial charge in [-0.25, -0.2) is 0 Å². The van der Waals surface area contributed by atoms with E-state index in [9.17, 15) is 4.79 Å². The van der Waals surface area contributed by atoms with Gasteiger partial charge >= 0.3 is 0 Å². The first kappa shape index (κ1) is 19.9. The van der Waals surface area contributed by atoms with Gasteiger partial charge in [-0.2, -0.15) is 5.10 Å². The molecule has 0 saturated carbocycles. The Labute approximate surface area is 174 Å². The maximum absolute atomic E-state index is 13.3. The fourth-order valence-corrected chi connectivity index (χ4v) is 4.74. The van der Waals surface area contributed by atoms with Gasteiger partial charge in [0.2, 0.25) is 0 Å². The number of rotatable bonds is 6. The number of benzene rings is 1. The van der Waals surface area contributed by atoms with Gasteiger partial charge in [0.1, 0.15) is 0 Å². The van der Waals surface area contributed by atoms with E-state index < -0.39 is 0 Å². The molecule has 0 N–H and O–H groups in total. The number of piperidine rings is 1. The molecule has 1 saturated heterocycles. The van der Waals surface area contributed by atoms with E-state index in [2.05, 4.69) is 48.9 Å². The second kappa shape index (κ2) is 8.95. The first-order chi connectivity index (χ1) is 14.2. The molecule has 5 nitrogen and oxygen atoms in total. The highest BCUT2D eigenvalue weighted by Crippen LogP contribution is 2.29. The minimum absolute atomic E-state index is 0.120. The van der Waals surface area contributed by atoms with Crippen LogP contribution in [-0.4, -0.2) is 51.7 Å². The van der Waals surface area contributed by atoms with E-state index in [1.807, 2.05) is 15.7 Å². The molecule has 5 heteroatoms. The standard InChI is InChI=1S/C24H32N4O/c1-3-14-28-22-13-12-20(26(2)18-19-10-6-4-7-11-19)17-21(22)23(25-28)24(29)27-15-8-5-9-16-27/h3-4,6-7,10-11,20H,1,5,8-9,12-18H2,2H3. The number of fused-ring (bicyclic) bond motifs is 1. The van der Waals surface area contributed by atoms with Crippen molar-refractivity contribution in [3.05, 3.63) is 65.5 Å². The zero-order valence-electron chi connectivity index (χ0n) is 17.5. The largest absolute Gasteiger partial charge is 0.337 e. The second-order valence-electron chi connectivity index (χ2n) is 8.39. The Morgan fingerprint density at radius 2 is 2.00 bits per heavy atom. The van der Waals surface area contributed by atoms with Crippen molar-refractivity contribution in [2.75, 3.05) is 20.1 Å². The number of nitrogens with zero attached hydrogens (tertiary/aromatic N) is 4. The Bertz CT molecular complexity index is 851. The molecular weight excluding hydrogens is 360 g/mol. The van der Waals surface area contributed by atoms with Crippen LogP contribution in [0.1, 0.15) is 53.0 Å². The van der Waals surface area contributed by atoms with Crippen molar-refractivity contribution in [3.63, 3.8) is 0 Å². The number of likely N-dealkylation sites (tertiary alicyclic amines) is 1. The summed E-state index contributed by atoms with van der Waals surface area (Å²) >= 11 is 0. The molecule has 0 bridgehead atoms. The highest BCUT2D eigenvalue weighted by atomic mass is 16.2. The van der Waals surface area contributed by atoms with E-state index in [4.69, 9.17) is 5.10 Å². The summed E-state index contributed by atoms with van der Waals surface area (Å²) in [6.45, 7) is 7.19. The van der Waals surface area contributed by atoms with Crippen molar-refractivity contribution in [1.82, 2.24) is 19.6 Å². The lowest BCUT2D eigenvalue weighted by molar-refractivity contribution is 0.0715. The zero-order chi connectivity index (χ0) is 20.2. The van der Waals surface area contributed by atoms with Gasteiger partial charge in [0.25, 0.3) is 5.91 Å². The summed E-state index contributed by atoms with van der Waals surface area (Å²) in [5.41, 5.74) is 4.41. The minimum atomic E-state index is 0.120. The molecule has 1 aliphatic carbocycles. The summed E-state index contributed by atoms with van der Waals surface area (Å²) < 4.78 is 2.01. The monoisotopic (exact) mass is 392 g/mol. The SMILES string of the molecule is C=CCn1nc(C(=O)N2CCCCC2)c2c1CCC(N(C)Cc1ccccc1)C2. The van der Waals surface area contributed by atoms with Gasteiger partial charge in [-0.15, -0.1) is 6.58 Å². The minimum Gasteiger partial charge on any atom is -0.337 e. The third kappa shape index (κ3) is 4.30. The van der Waals surface area contributed by atoms with Gasteiger partial charge in [-0.3, -0.25) is 14.4 Å². The Morgan fingerprint density at radius 1 is 1.24 bits per heavy atom. The number of likely N-dealkylation sites (N-methyl/N-ethyl adjacent to an activating group) is 1. The first-order valence-electron chi connectivity index (χ1n) is 10.9. The summed E-state index contributed by atoms with van der Waals surface area (Å²) in [5, 5.41) is 4.77. The zero-order valence-corrected chi connectivity index (χ0v) is 17.5. The third-order valence-electron chi connectivity index (χ3n) is 6.37. The molecule has 29 heavy (non-hydrogen) atoms. The molecule has 0 spiro atoms. The van der Waals surface area contributed by atoms with Crippen LogP contribution in [0.25, 0.3) is 0 Å². The summed E-state index contributed by atoms with van der Waals surface area (Å²) in [6.07, 6.45) is 8.25. The predicted octanol–water partition coefficient (Wildman–Crippen LogP) is 3.68. The molecule has 2 aromatic rings. The van der Waals surface area contributed by atoms with Crippen LogP contribution in [0.2, 0.25) is 0 Å². The van der Waals surface area contributed by atoms with Crippen molar-refractivity contribution in [2.24, 2.45) is 0 Å². The number of carbonyl (C=O) groups is 1. The topological polar surface area (TPSA) is 41.4 Å². The fraction of sp³-hybridized carbons (Fsp3) is 0.500. The maximum atomic E-state index is 13.3. The van der Waals surface area contributed by atoms with Crippen LogP contribution in [0.15, 0.2) is 43.0 Å². The number of hydrogen-bond donors (Lipinski definition) is 0. The number of allylic oxidation sites excluding steroid dienone is 1. The Hall–Kier alpha value is -2.40. The molecule has 2 aliphatic rings. The molecule has 1 aliphatic heterocycles. The van der Waals surface area contributed by atoms with Crippen LogP contribution >= 0.6 is 0 Å². The van der Waals surface area contributed by atoms with Crippen molar-refractivity contribution in [1.29, 1.82) is 0 Å². The molecule has 154 valence electrons. The van der Waals surface area contributed by atoms with Crippen LogP contribution in [0.3, 0.4) is 0 Å². The highest BCUT2D eigenvalue weighted by molar-refractivity contribution is 5.94. The molecule has 1 amide bonds. The average Bonchev–Trinajstić information content (AvgIpc) is 3.12. The van der Waals surface area contributed by atoms with E-state index in [0.29, 0.717) is 18.3 Å². The number of hydrogen-bond acceptors (Lipinski definition) is 3. The van der Waals surface area contributed by atoms with Crippen LogP contribution < -0.4 is 0 Å². The van der Waals surface area contributed by atoms with E-state index in [-0.39, 0.29) is 5.91 Å². The molecule has 1 fully saturated rings. The number of carbonyl (C=O) groups excluding carboxylic acids is 1. The Kier molecular flexibility index (Phi) is 6.14. The second-order valence-corrected chi connectivity index (χ2v) is 8.39. The molecule has 1 atom stereocenters. The van der Waals surface area contributed by atoms with Crippen LogP contribution in [0.4, 0.5) is 0 Å². The molecule has 1 aromatic heterocycles. The molecule has 4 rings (SSSR count). The van der Waals surface area contributed by atoms with Crippen LogP contribution in [0, 0.1) is 0 Å². The molecule has 1 aromatic carbocycles. The summed E-state index contributed by atoms with van der Waals surface area (Å²) in [6, 6.07) is 11.0. The van der Waals surface area contributed by atoms with Crippen LogP contribution in [0.5, 0.6) is 0 Å². The quantitative estimate of drug-likeness (QED) is 0.704. The van der Waals surface area contributed by atoms with Gasteiger partial charge in [0.05, 0.1) is 6.54 Å². The van der Waals surface area contributed by atoms with E-state index in [0.717, 1.165) is 51.7 Å². The summed E-state index contributed by atoms with van der Waals surface area (Å²) in [7, 11) is 2.20. The van der Waals surface area contributed by atoms with Gasteiger partial charge < -0.3 is 4.90 Å². The molecular formula is C24H32N4O. The van der Waals surface area contributed by atoms with E-state index in [1.54, 1.807) is 0 Å².